The van der Waals surface area contributed by atoms with E-state index in [-0.39, 0.29) is 101 Å². The van der Waals surface area contributed by atoms with E-state index in [4.69, 9.17) is 147 Å². The summed E-state index contributed by atoms with van der Waals surface area (Å²) in [5.74, 6) is -8.08. The molecule has 9 fully saturated rings. The van der Waals surface area contributed by atoms with Crippen LogP contribution in [-0.2, 0) is 157 Å². The number of halogens is 1. The fourth-order valence-electron chi connectivity index (χ4n) is 11.1. The van der Waals surface area contributed by atoms with E-state index < -0.39 is 201 Å². The van der Waals surface area contributed by atoms with Gasteiger partial charge in [-0.1, -0.05) is 0 Å². The molecule has 0 aromatic heterocycles. The third kappa shape index (κ3) is 40.3. The topological polar surface area (TPSA) is 583 Å². The molecule has 9 heterocycles. The Balaban J connectivity index is 0. The van der Waals surface area contributed by atoms with Crippen molar-refractivity contribution in [3.05, 3.63) is 24.8 Å². The third-order valence-electron chi connectivity index (χ3n) is 17.7. The fraction of sp³-hybridized carbons (Fsp3) is 0.880. The Morgan fingerprint density at radius 1 is 0.525 bits per heavy atom. The molecule has 0 amide bonds. The molecular formula is C75H136ClNaO43S2. The van der Waals surface area contributed by atoms with Crippen LogP contribution in [-0.4, -0.2) is 355 Å². The van der Waals surface area contributed by atoms with E-state index in [2.05, 4.69) is 25.0 Å². The molecule has 0 aliphatic carbocycles. The number of esters is 4. The van der Waals surface area contributed by atoms with Crippen molar-refractivity contribution in [3.63, 3.8) is 0 Å². The van der Waals surface area contributed by atoms with Crippen LogP contribution in [0.15, 0.2) is 24.8 Å². The number of aliphatic hydroxyl groups excluding tert-OH is 9. The molecule has 0 radical (unpaired) electrons. The van der Waals surface area contributed by atoms with E-state index in [1.54, 1.807) is 138 Å². The molecule has 9 aliphatic rings. The van der Waals surface area contributed by atoms with Crippen LogP contribution in [0, 0.1) is 0 Å². The van der Waals surface area contributed by atoms with E-state index in [0.717, 1.165) is 6.29 Å². The summed E-state index contributed by atoms with van der Waals surface area (Å²) in [5, 5.41) is 92.3. The third-order valence-corrected chi connectivity index (χ3v) is 19.5. The van der Waals surface area contributed by atoms with E-state index >= 15 is 0 Å². The molecule has 0 spiro atoms. The Morgan fingerprint density at radius 2 is 0.861 bits per heavy atom. The van der Waals surface area contributed by atoms with Crippen molar-refractivity contribution in [2.24, 2.45) is 0 Å². The summed E-state index contributed by atoms with van der Waals surface area (Å²) in [6, 6.07) is 0. The number of ether oxygens (including phenoxy) is 20. The standard InChI is InChI=1S/C12H22O6.C11H18O8S.C11H18O7S.C11H20O6.C11H18O4.C6H14O6.C6H10O3.C5H12O2.C2H4.ClO.Na/c1-11(2)15-5-7(17-11)9(13)10(14)8-6-16-12(3,4)18-8;1-5-15-9(12)11(4)8(18-20(13,14)19-11)7-6-16-10(2,3)17-7;1-5-14-9(12)11(4)8(17-19(13)18-11)7-6-15-10(2,3)16-7;1-5-15-9(13)11(4,14)8(12)7-6-16-10(2,3)17-7;1-5-13-10(12)8(2)6-9-7-14-11(3,4)15-9;7-1-3(9)5(11)6(12)4(10)2-8;1-6(2)8-4-5(3-7)9-6;1-5(2,6-3)7-4;2*1-2;/h7-10,13-14H,5-6H2,1-4H3;7-8H,5-6H2,1-4H3;7-8H,5-6H2,1-4H3;7-8,12,14H,5-6H2,1-4H3;6,9H,5,7H2,1-4H3;3-12H,1-2H2;3,5H,4H2,1-2H3;1-4H3;1-2H2;;/q;;;;;;;;;-1;+1/b;;;;8-6+;;;;;;/t7-,8-,9-,10-;7-,8-,11+;7-,8-,11+,19?;7-,8-,11+;9-;3-,4-,5-,6-;5-;;;;/m1111010..../s1. The van der Waals surface area contributed by atoms with Crippen LogP contribution < -0.4 is 34.2 Å². The van der Waals surface area contributed by atoms with Gasteiger partial charge in [-0.2, -0.15) is 12.6 Å². The van der Waals surface area contributed by atoms with Gasteiger partial charge in [-0.05, 0) is 172 Å². The van der Waals surface area contributed by atoms with Crippen molar-refractivity contribution in [3.8, 4) is 0 Å². The SMILES string of the molecule is C=C.CC1(C)OC[C@H](C=O)O1.CC1(C)OC[C@H]([C@@H](O)[C@H](O)[C@H]2COC(C)(C)O2)O1.CCOC(=O)/C(C)=C/[C@H]1COC(C)(C)O1.CCOC(=O)[C@@](C)(O)[C@H](O)[C@H]1COC(C)(C)O1.CCOC(=O)[C@@]1(C)OS(=O)(=O)O[C@@H]1[C@H]1COC(C)(C)O1.CCOC(=O)[C@@]1(C)OS(=O)O[C@@H]1[C@H]1COC(C)(C)O1.COC(C)(C)OC.OC[C@@H](O)[C@@H](O)[C@H](O)[C@H](O)CO.[Na+].[O-]Cl. The Labute approximate surface area is 744 Å². The number of methoxy groups -OCH3 is 2. The van der Waals surface area contributed by atoms with Gasteiger partial charge >= 0.3 is 75.2 Å². The van der Waals surface area contributed by atoms with Gasteiger partial charge in [0.15, 0.2) is 58.2 Å². The molecule has 1 unspecified atom stereocenters. The Bertz CT molecular complexity index is 3210. The second-order valence-corrected chi connectivity index (χ2v) is 33.3. The van der Waals surface area contributed by atoms with Gasteiger partial charge in [-0.3, -0.25) is 4.18 Å². The molecule has 20 atom stereocenters. The summed E-state index contributed by atoms with van der Waals surface area (Å²) in [4.78, 5) is 56.9. The molecule has 0 aromatic carbocycles. The maximum absolute atomic E-state index is 12.0. The van der Waals surface area contributed by atoms with Crippen LogP contribution in [0.3, 0.4) is 0 Å². The van der Waals surface area contributed by atoms with Crippen LogP contribution in [0.25, 0.3) is 0 Å². The average Bonchev–Trinajstić information content (AvgIpc) is 1.58. The Hall–Kier alpha value is -2.82. The van der Waals surface area contributed by atoms with Gasteiger partial charge in [0, 0.05) is 19.8 Å². The summed E-state index contributed by atoms with van der Waals surface area (Å²) < 4.78 is 167. The predicted molar refractivity (Wildman–Crippen MR) is 419 cm³/mol. The maximum Gasteiger partial charge on any atom is 1.00 e. The van der Waals surface area contributed by atoms with Gasteiger partial charge in [0.1, 0.15) is 97.7 Å². The average molecular weight is 1850 g/mol. The van der Waals surface area contributed by atoms with Crippen molar-refractivity contribution in [1.29, 1.82) is 0 Å². The van der Waals surface area contributed by atoms with Gasteiger partial charge in [0.2, 0.25) is 11.2 Å². The van der Waals surface area contributed by atoms with E-state index in [1.807, 2.05) is 27.7 Å². The molecule has 9 rings (SSSR count). The van der Waals surface area contributed by atoms with Gasteiger partial charge < -0.3 is 155 Å². The second kappa shape index (κ2) is 53.5. The Morgan fingerprint density at radius 3 is 1.16 bits per heavy atom. The molecule has 122 heavy (non-hydrogen) atoms. The number of aldehydes is 1. The number of rotatable bonds is 24. The molecule has 47 heteroatoms. The number of hydrogen-bond donors (Lipinski definition) is 10. The minimum absolute atomic E-state index is 0. The van der Waals surface area contributed by atoms with Crippen LogP contribution in [0.1, 0.15) is 166 Å². The zero-order valence-electron chi connectivity index (χ0n) is 75.1. The zero-order valence-corrected chi connectivity index (χ0v) is 79.5. The molecule has 43 nitrogen and oxygen atoms in total. The largest absolute Gasteiger partial charge is 1.00 e. The van der Waals surface area contributed by atoms with E-state index in [0.29, 0.717) is 25.4 Å². The van der Waals surface area contributed by atoms with Gasteiger partial charge in [0.05, 0.1) is 85.9 Å². The molecule has 714 valence electrons. The predicted octanol–water partition coefficient (Wildman–Crippen LogP) is -2.88. The molecule has 9 aliphatic heterocycles. The normalized spacial score (nSPS) is 30.7. The Kier molecular flexibility index (Phi) is 53.1. The first kappa shape index (κ1) is 121. The second-order valence-electron chi connectivity index (χ2n) is 31.3. The number of hydrogen-bond acceptors (Lipinski definition) is 43. The summed E-state index contributed by atoms with van der Waals surface area (Å²) in [6.45, 7) is 47.9. The molecule has 0 bridgehead atoms. The molecule has 0 aromatic rings. The minimum Gasteiger partial charge on any atom is -0.769 e. The number of aliphatic hydroxyl groups is 10. The van der Waals surface area contributed by atoms with Crippen molar-refractivity contribution >= 4 is 63.8 Å². The van der Waals surface area contributed by atoms with Crippen molar-refractivity contribution in [2.45, 2.75) is 327 Å². The summed E-state index contributed by atoms with van der Waals surface area (Å²) >= 11 is 1.39. The number of carbonyl (C=O) groups excluding carboxylic acids is 5. The van der Waals surface area contributed by atoms with Crippen molar-refractivity contribution in [2.75, 3.05) is 100 Å². The first-order chi connectivity index (χ1) is 55.5. The van der Waals surface area contributed by atoms with Crippen LogP contribution in [0.2, 0.25) is 0 Å². The van der Waals surface area contributed by atoms with Crippen molar-refractivity contribution < 1.29 is 233 Å². The quantitative estimate of drug-likeness (QED) is 0.00882. The first-order valence-corrected chi connectivity index (χ1v) is 41.1. The monoisotopic (exact) mass is 1850 g/mol. The molecule has 9 saturated heterocycles. The summed E-state index contributed by atoms with van der Waals surface area (Å²) in [7, 11) is -1.05. The van der Waals surface area contributed by atoms with Crippen LogP contribution in [0.4, 0.5) is 0 Å². The van der Waals surface area contributed by atoms with Crippen LogP contribution in [0.5, 0.6) is 0 Å². The van der Waals surface area contributed by atoms with E-state index in [9.17, 15) is 57.0 Å². The van der Waals surface area contributed by atoms with Gasteiger partial charge in [0.25, 0.3) is 0 Å². The van der Waals surface area contributed by atoms with Gasteiger partial charge in [-0.25, -0.2) is 43.6 Å². The van der Waals surface area contributed by atoms with Gasteiger partial charge in [-0.15, -0.1) is 13.2 Å². The summed E-state index contributed by atoms with van der Waals surface area (Å²) in [5.41, 5.74) is -4.70. The minimum atomic E-state index is -4.28. The summed E-state index contributed by atoms with van der Waals surface area (Å²) in [6.07, 6.45) is -13.1. The fourth-order valence-corrected chi connectivity index (χ4v) is 13.2. The maximum atomic E-state index is 12.0. The smallest absolute Gasteiger partial charge is 0.769 e. The molecule has 10 N–H and O–H groups in total. The number of carbonyl (C=O) groups is 5. The molecule has 0 saturated carbocycles. The molecular weight excluding hydrogens is 1710 g/mol. The van der Waals surface area contributed by atoms with E-state index in [1.165, 1.54) is 20.8 Å². The zero-order chi connectivity index (χ0) is 94.3. The van der Waals surface area contributed by atoms with Crippen LogP contribution >= 0.6 is 11.9 Å². The first-order valence-electron chi connectivity index (χ1n) is 38.5. The van der Waals surface area contributed by atoms with Crippen molar-refractivity contribution in [1.82, 2.24) is 0 Å².